The number of halogens is 2. The standard InChI is InChI=1S/C28H28F2O3/c1-3-4-5-6-7-8-17-33-25-16-15-21(26(29)27(25)30)11-9-20-10-12-23-19-24(28(31)32-2)14-13-22(23)18-20/h10,12-16,18-19H,3-8,17H2,1-2H3. The summed E-state index contributed by atoms with van der Waals surface area (Å²) in [7, 11) is 1.33. The Morgan fingerprint density at radius 2 is 1.58 bits per heavy atom. The predicted molar refractivity (Wildman–Crippen MR) is 126 cm³/mol. The van der Waals surface area contributed by atoms with E-state index in [0.29, 0.717) is 17.7 Å². The molecule has 0 amide bonds. The lowest BCUT2D eigenvalue weighted by molar-refractivity contribution is 0.0601. The Labute approximate surface area is 193 Å². The molecule has 0 aliphatic rings. The summed E-state index contributed by atoms with van der Waals surface area (Å²) in [6.45, 7) is 2.53. The monoisotopic (exact) mass is 450 g/mol. The molecule has 0 fully saturated rings. The highest BCUT2D eigenvalue weighted by Crippen LogP contribution is 2.23. The van der Waals surface area contributed by atoms with Gasteiger partial charge in [-0.1, -0.05) is 63.0 Å². The largest absolute Gasteiger partial charge is 0.490 e. The molecule has 0 aliphatic heterocycles. The number of ether oxygens (including phenoxy) is 2. The van der Waals surface area contributed by atoms with Gasteiger partial charge in [0.05, 0.1) is 24.8 Å². The van der Waals surface area contributed by atoms with E-state index in [1.807, 2.05) is 12.1 Å². The highest BCUT2D eigenvalue weighted by atomic mass is 19.2. The molecule has 0 atom stereocenters. The lowest BCUT2D eigenvalue weighted by Crippen LogP contribution is -2.02. The first kappa shape index (κ1) is 24.3. The molecule has 0 aromatic heterocycles. The van der Waals surface area contributed by atoms with E-state index in [1.54, 1.807) is 24.3 Å². The molecule has 33 heavy (non-hydrogen) atoms. The Morgan fingerprint density at radius 3 is 2.36 bits per heavy atom. The zero-order valence-electron chi connectivity index (χ0n) is 19.0. The Kier molecular flexibility index (Phi) is 8.83. The summed E-state index contributed by atoms with van der Waals surface area (Å²) in [5.41, 5.74) is 1.08. The number of carbonyl (C=O) groups is 1. The highest BCUT2D eigenvalue weighted by Gasteiger charge is 2.13. The Morgan fingerprint density at radius 1 is 0.848 bits per heavy atom. The molecule has 0 radical (unpaired) electrons. The van der Waals surface area contributed by atoms with Crippen molar-refractivity contribution in [3.63, 3.8) is 0 Å². The maximum absolute atomic E-state index is 14.5. The summed E-state index contributed by atoms with van der Waals surface area (Å²) < 4.78 is 39.0. The number of hydrogen-bond donors (Lipinski definition) is 0. The zero-order chi connectivity index (χ0) is 23.6. The van der Waals surface area contributed by atoms with E-state index in [2.05, 4.69) is 18.8 Å². The number of hydrogen-bond acceptors (Lipinski definition) is 3. The lowest BCUT2D eigenvalue weighted by atomic mass is 10.0. The van der Waals surface area contributed by atoms with Crippen molar-refractivity contribution in [3.8, 4) is 17.6 Å². The summed E-state index contributed by atoms with van der Waals surface area (Å²) in [5.74, 6) is 3.07. The molecule has 3 rings (SSSR count). The molecule has 0 bridgehead atoms. The molecule has 0 saturated heterocycles. The third kappa shape index (κ3) is 6.55. The first-order valence-corrected chi connectivity index (χ1v) is 11.3. The Balaban J connectivity index is 1.66. The van der Waals surface area contributed by atoms with Gasteiger partial charge >= 0.3 is 5.97 Å². The first-order valence-electron chi connectivity index (χ1n) is 11.3. The van der Waals surface area contributed by atoms with Gasteiger partial charge in [0.1, 0.15) is 0 Å². The molecular weight excluding hydrogens is 422 g/mol. The molecule has 0 unspecified atom stereocenters. The molecule has 0 heterocycles. The SMILES string of the molecule is CCCCCCCCOc1ccc(C#Cc2ccc3cc(C(=O)OC)ccc3c2)c(F)c1F. The second-order valence-electron chi connectivity index (χ2n) is 7.87. The fourth-order valence-corrected chi connectivity index (χ4v) is 3.51. The smallest absolute Gasteiger partial charge is 0.337 e. The molecule has 3 aromatic carbocycles. The van der Waals surface area contributed by atoms with Gasteiger partial charge < -0.3 is 9.47 Å². The summed E-state index contributed by atoms with van der Waals surface area (Å²) >= 11 is 0. The topological polar surface area (TPSA) is 35.5 Å². The average Bonchev–Trinajstić information content (AvgIpc) is 2.84. The Bertz CT molecular complexity index is 1170. The summed E-state index contributed by atoms with van der Waals surface area (Å²) in [6, 6.07) is 13.5. The van der Waals surface area contributed by atoms with E-state index in [1.165, 1.54) is 38.5 Å². The summed E-state index contributed by atoms with van der Waals surface area (Å²) in [4.78, 5) is 11.7. The fraction of sp³-hybridized carbons (Fsp3) is 0.321. The molecule has 0 aliphatic carbocycles. The highest BCUT2D eigenvalue weighted by molar-refractivity contribution is 5.95. The number of fused-ring (bicyclic) bond motifs is 1. The lowest BCUT2D eigenvalue weighted by Gasteiger charge is -2.08. The van der Waals surface area contributed by atoms with Crippen LogP contribution in [0, 0.1) is 23.5 Å². The molecule has 3 nitrogen and oxygen atoms in total. The van der Waals surface area contributed by atoms with Crippen LogP contribution in [0.3, 0.4) is 0 Å². The number of unbranched alkanes of at least 4 members (excludes halogenated alkanes) is 5. The second-order valence-corrected chi connectivity index (χ2v) is 7.87. The zero-order valence-corrected chi connectivity index (χ0v) is 19.0. The van der Waals surface area contributed by atoms with Crippen LogP contribution in [-0.2, 0) is 4.74 Å². The van der Waals surface area contributed by atoms with E-state index in [0.717, 1.165) is 30.0 Å². The van der Waals surface area contributed by atoms with Crippen molar-refractivity contribution in [1.29, 1.82) is 0 Å². The van der Waals surface area contributed by atoms with Gasteiger partial charge in [-0.25, -0.2) is 9.18 Å². The minimum Gasteiger partial charge on any atom is -0.490 e. The van der Waals surface area contributed by atoms with Crippen molar-refractivity contribution in [1.82, 2.24) is 0 Å². The minimum atomic E-state index is -1.01. The van der Waals surface area contributed by atoms with Gasteiger partial charge in [0.2, 0.25) is 5.82 Å². The van der Waals surface area contributed by atoms with Crippen LogP contribution < -0.4 is 4.74 Å². The van der Waals surface area contributed by atoms with Crippen molar-refractivity contribution in [3.05, 3.63) is 76.9 Å². The third-order valence-corrected chi connectivity index (χ3v) is 5.41. The van der Waals surface area contributed by atoms with Gasteiger partial charge in [-0.05, 0) is 53.6 Å². The van der Waals surface area contributed by atoms with Crippen molar-refractivity contribution in [2.45, 2.75) is 45.4 Å². The Hall–Kier alpha value is -3.39. The van der Waals surface area contributed by atoms with Gasteiger partial charge in [-0.15, -0.1) is 0 Å². The van der Waals surface area contributed by atoms with Gasteiger partial charge in [0, 0.05) is 5.56 Å². The van der Waals surface area contributed by atoms with Crippen LogP contribution >= 0.6 is 0 Å². The number of rotatable bonds is 9. The first-order chi connectivity index (χ1) is 16.0. The van der Waals surface area contributed by atoms with Crippen LogP contribution in [-0.4, -0.2) is 19.7 Å². The molecule has 0 N–H and O–H groups in total. The van der Waals surface area contributed by atoms with Crippen molar-refractivity contribution in [2.75, 3.05) is 13.7 Å². The predicted octanol–water partition coefficient (Wildman–Crippen LogP) is 7.04. The van der Waals surface area contributed by atoms with E-state index >= 15 is 0 Å². The molecule has 0 spiro atoms. The van der Waals surface area contributed by atoms with Crippen LogP contribution in [0.2, 0.25) is 0 Å². The van der Waals surface area contributed by atoms with Crippen LogP contribution in [0.4, 0.5) is 8.78 Å². The van der Waals surface area contributed by atoms with E-state index in [4.69, 9.17) is 9.47 Å². The van der Waals surface area contributed by atoms with Gasteiger partial charge in [-0.3, -0.25) is 0 Å². The molecule has 172 valence electrons. The van der Waals surface area contributed by atoms with Crippen molar-refractivity contribution < 1.29 is 23.0 Å². The van der Waals surface area contributed by atoms with E-state index < -0.39 is 17.6 Å². The minimum absolute atomic E-state index is 0.0273. The fourth-order valence-electron chi connectivity index (χ4n) is 3.51. The van der Waals surface area contributed by atoms with Crippen LogP contribution in [0.15, 0.2) is 48.5 Å². The summed E-state index contributed by atoms with van der Waals surface area (Å²) in [6.07, 6.45) is 6.56. The third-order valence-electron chi connectivity index (χ3n) is 5.41. The van der Waals surface area contributed by atoms with Gasteiger partial charge in [0.15, 0.2) is 11.6 Å². The molecule has 5 heteroatoms. The van der Waals surface area contributed by atoms with Crippen LogP contribution in [0.25, 0.3) is 10.8 Å². The molecule has 0 saturated carbocycles. The molecule has 3 aromatic rings. The van der Waals surface area contributed by atoms with Crippen molar-refractivity contribution >= 4 is 16.7 Å². The quantitative estimate of drug-likeness (QED) is 0.199. The second kappa shape index (κ2) is 12.0. The summed E-state index contributed by atoms with van der Waals surface area (Å²) in [5, 5.41) is 1.73. The average molecular weight is 451 g/mol. The number of methoxy groups -OCH3 is 1. The van der Waals surface area contributed by atoms with Crippen LogP contribution in [0.1, 0.15) is 66.9 Å². The normalized spacial score (nSPS) is 10.5. The maximum Gasteiger partial charge on any atom is 0.337 e. The van der Waals surface area contributed by atoms with Gasteiger partial charge in [-0.2, -0.15) is 4.39 Å². The van der Waals surface area contributed by atoms with E-state index in [9.17, 15) is 13.6 Å². The number of benzene rings is 3. The van der Waals surface area contributed by atoms with Crippen LogP contribution in [0.5, 0.6) is 5.75 Å². The molecular formula is C28H28F2O3. The van der Waals surface area contributed by atoms with E-state index in [-0.39, 0.29) is 11.3 Å². The number of carbonyl (C=O) groups excluding carboxylic acids is 1. The van der Waals surface area contributed by atoms with Gasteiger partial charge in [0.25, 0.3) is 0 Å². The number of esters is 1. The maximum atomic E-state index is 14.5. The van der Waals surface area contributed by atoms with Crippen molar-refractivity contribution in [2.24, 2.45) is 0 Å².